The topological polar surface area (TPSA) is 65.0 Å². The van der Waals surface area contributed by atoms with E-state index < -0.39 is 0 Å². The molecule has 3 aromatic heterocycles. The highest BCUT2D eigenvalue weighted by Crippen LogP contribution is 2.42. The van der Waals surface area contributed by atoms with Gasteiger partial charge in [-0.15, -0.1) is 0 Å². The van der Waals surface area contributed by atoms with Crippen molar-refractivity contribution >= 4 is 54.6 Å². The number of rotatable bonds is 5. The average molecular weight is 692 g/mol. The molecule has 0 saturated carbocycles. The summed E-state index contributed by atoms with van der Waals surface area (Å²) in [5, 5.41) is 6.38. The molecule has 0 amide bonds. The van der Waals surface area contributed by atoms with Crippen LogP contribution >= 0.6 is 0 Å². The van der Waals surface area contributed by atoms with Gasteiger partial charge in [0.1, 0.15) is 22.3 Å². The summed E-state index contributed by atoms with van der Waals surface area (Å²) in [6.07, 6.45) is 0. The van der Waals surface area contributed by atoms with Crippen LogP contribution in [0.4, 0.5) is 0 Å². The van der Waals surface area contributed by atoms with E-state index in [1.54, 1.807) is 0 Å². The van der Waals surface area contributed by atoms with Gasteiger partial charge in [0.05, 0.1) is 0 Å². The predicted octanol–water partition coefficient (Wildman–Crippen LogP) is 13.2. The van der Waals surface area contributed by atoms with E-state index in [0.717, 1.165) is 71.7 Å². The number of benzene rings is 8. The molecular weight excluding hydrogens is 663 g/mol. The van der Waals surface area contributed by atoms with Gasteiger partial charge in [0.15, 0.2) is 17.5 Å². The van der Waals surface area contributed by atoms with Crippen LogP contribution in [0.1, 0.15) is 0 Å². The number of nitrogens with zero attached hydrogens (tertiary/aromatic N) is 3. The first-order valence-corrected chi connectivity index (χ1v) is 18.0. The van der Waals surface area contributed by atoms with Crippen LogP contribution in [0, 0.1) is 0 Å². The minimum absolute atomic E-state index is 0.573. The third-order valence-corrected chi connectivity index (χ3v) is 10.4. The molecule has 0 unspecified atom stereocenters. The molecule has 0 aliphatic carbocycles. The van der Waals surface area contributed by atoms with E-state index in [2.05, 4.69) is 103 Å². The van der Waals surface area contributed by atoms with Crippen molar-refractivity contribution in [1.29, 1.82) is 0 Å². The summed E-state index contributed by atoms with van der Waals surface area (Å²) in [7, 11) is 0. The molecule has 0 radical (unpaired) electrons. The van der Waals surface area contributed by atoms with Crippen molar-refractivity contribution in [1.82, 2.24) is 15.0 Å². The van der Waals surface area contributed by atoms with E-state index >= 15 is 0 Å². The van der Waals surface area contributed by atoms with E-state index in [0.29, 0.717) is 17.5 Å². The summed E-state index contributed by atoms with van der Waals surface area (Å²) < 4.78 is 12.9. The lowest BCUT2D eigenvalue weighted by molar-refractivity contribution is 0.668. The van der Waals surface area contributed by atoms with Crippen molar-refractivity contribution < 1.29 is 8.83 Å². The summed E-state index contributed by atoms with van der Waals surface area (Å²) >= 11 is 0. The highest BCUT2D eigenvalue weighted by molar-refractivity contribution is 6.14. The zero-order valence-electron chi connectivity index (χ0n) is 28.9. The van der Waals surface area contributed by atoms with Gasteiger partial charge >= 0.3 is 0 Å². The molecule has 0 aliphatic rings. The fraction of sp³-hybridized carbons (Fsp3) is 0. The Labute approximate surface area is 309 Å². The maximum Gasteiger partial charge on any atom is 0.164 e. The van der Waals surface area contributed by atoms with Gasteiger partial charge in [-0.05, 0) is 63.4 Å². The van der Waals surface area contributed by atoms with Crippen molar-refractivity contribution in [3.8, 4) is 56.4 Å². The molecule has 5 heteroatoms. The zero-order chi connectivity index (χ0) is 35.6. The predicted molar refractivity (Wildman–Crippen MR) is 219 cm³/mol. The fourth-order valence-corrected chi connectivity index (χ4v) is 7.89. The Morgan fingerprint density at radius 3 is 1.41 bits per heavy atom. The molecule has 252 valence electrons. The molecule has 0 spiro atoms. The second kappa shape index (κ2) is 12.1. The molecule has 0 N–H and O–H groups in total. The molecule has 8 aromatic carbocycles. The lowest BCUT2D eigenvalue weighted by Gasteiger charge is -2.12. The van der Waals surface area contributed by atoms with Crippen molar-refractivity contribution in [2.45, 2.75) is 0 Å². The first-order chi connectivity index (χ1) is 26.8. The summed E-state index contributed by atoms with van der Waals surface area (Å²) in [5.41, 5.74) is 10.5. The van der Waals surface area contributed by atoms with E-state index in [4.69, 9.17) is 23.8 Å². The molecular formula is C49H29N3O2. The van der Waals surface area contributed by atoms with Gasteiger partial charge in [0.2, 0.25) is 0 Å². The third-order valence-electron chi connectivity index (χ3n) is 10.4. The average Bonchev–Trinajstić information content (AvgIpc) is 3.82. The van der Waals surface area contributed by atoms with Crippen LogP contribution in [-0.4, -0.2) is 15.0 Å². The van der Waals surface area contributed by atoms with Crippen LogP contribution in [0.25, 0.3) is 111 Å². The Bertz CT molecular complexity index is 3220. The SMILES string of the molecule is c1ccc(-c2nc(-c3cccc4oc5ccccc5c34)nc(-c3cccc4oc5cc(-c6ccc(-c7ccccc7)c7ccccc67)ccc5c34)n2)cc1. The number of hydrogen-bond donors (Lipinski definition) is 0. The Balaban J connectivity index is 1.10. The first-order valence-electron chi connectivity index (χ1n) is 18.0. The normalized spacial score (nSPS) is 11.7. The molecule has 11 rings (SSSR count). The molecule has 0 bridgehead atoms. The third kappa shape index (κ3) is 4.83. The molecule has 0 fully saturated rings. The summed E-state index contributed by atoms with van der Waals surface area (Å²) in [5.74, 6) is 1.75. The van der Waals surface area contributed by atoms with Crippen molar-refractivity contribution in [3.63, 3.8) is 0 Å². The number of aromatic nitrogens is 3. The number of fused-ring (bicyclic) bond motifs is 7. The van der Waals surface area contributed by atoms with Gasteiger partial charge in [-0.2, -0.15) is 0 Å². The Morgan fingerprint density at radius 2 is 0.759 bits per heavy atom. The molecule has 0 saturated heterocycles. The van der Waals surface area contributed by atoms with Gasteiger partial charge in [-0.25, -0.2) is 15.0 Å². The molecule has 5 nitrogen and oxygen atoms in total. The van der Waals surface area contributed by atoms with Crippen LogP contribution in [0.2, 0.25) is 0 Å². The van der Waals surface area contributed by atoms with Gasteiger partial charge in [0.25, 0.3) is 0 Å². The molecule has 0 aliphatic heterocycles. The fourth-order valence-electron chi connectivity index (χ4n) is 7.89. The highest BCUT2D eigenvalue weighted by atomic mass is 16.3. The Kier molecular flexibility index (Phi) is 6.79. The quantitative estimate of drug-likeness (QED) is 0.180. The van der Waals surface area contributed by atoms with E-state index in [1.165, 1.54) is 21.9 Å². The minimum atomic E-state index is 0.573. The summed E-state index contributed by atoms with van der Waals surface area (Å²) in [6.45, 7) is 0. The molecule has 54 heavy (non-hydrogen) atoms. The lowest BCUT2D eigenvalue weighted by atomic mass is 9.92. The Morgan fingerprint density at radius 1 is 0.278 bits per heavy atom. The lowest BCUT2D eigenvalue weighted by Crippen LogP contribution is -2.00. The maximum absolute atomic E-state index is 6.62. The molecule has 3 heterocycles. The largest absolute Gasteiger partial charge is 0.456 e. The number of hydrogen-bond acceptors (Lipinski definition) is 5. The Hall–Kier alpha value is -7.37. The molecule has 0 atom stereocenters. The van der Waals surface area contributed by atoms with Crippen molar-refractivity contribution in [2.75, 3.05) is 0 Å². The van der Waals surface area contributed by atoms with Crippen LogP contribution in [0.15, 0.2) is 185 Å². The highest BCUT2D eigenvalue weighted by Gasteiger charge is 2.21. The first kappa shape index (κ1) is 30.3. The van der Waals surface area contributed by atoms with Crippen molar-refractivity contribution in [2.24, 2.45) is 0 Å². The van der Waals surface area contributed by atoms with Crippen LogP contribution in [0.5, 0.6) is 0 Å². The van der Waals surface area contributed by atoms with Gasteiger partial charge in [-0.3, -0.25) is 0 Å². The number of para-hydroxylation sites is 1. The van der Waals surface area contributed by atoms with Gasteiger partial charge < -0.3 is 8.83 Å². The number of furan rings is 2. The van der Waals surface area contributed by atoms with Crippen molar-refractivity contribution in [3.05, 3.63) is 176 Å². The second-order valence-corrected chi connectivity index (χ2v) is 13.5. The van der Waals surface area contributed by atoms with Crippen LogP contribution in [0.3, 0.4) is 0 Å². The van der Waals surface area contributed by atoms with E-state index in [1.807, 2.05) is 72.8 Å². The van der Waals surface area contributed by atoms with Crippen LogP contribution in [-0.2, 0) is 0 Å². The summed E-state index contributed by atoms with van der Waals surface area (Å²) in [6, 6.07) is 60.4. The monoisotopic (exact) mass is 691 g/mol. The smallest absolute Gasteiger partial charge is 0.164 e. The van der Waals surface area contributed by atoms with Gasteiger partial charge in [0, 0.05) is 38.2 Å². The maximum atomic E-state index is 6.62. The van der Waals surface area contributed by atoms with Crippen LogP contribution < -0.4 is 0 Å². The zero-order valence-corrected chi connectivity index (χ0v) is 28.9. The van der Waals surface area contributed by atoms with Gasteiger partial charge in [-0.1, -0.05) is 146 Å². The summed E-state index contributed by atoms with van der Waals surface area (Å²) in [4.78, 5) is 15.4. The van der Waals surface area contributed by atoms with E-state index in [9.17, 15) is 0 Å². The molecule has 11 aromatic rings. The second-order valence-electron chi connectivity index (χ2n) is 13.5. The standard InChI is InChI=1S/C49H29N3O2/c1-3-13-30(14-4-1)33-27-28-34(36-18-8-7-17-35(33)36)32-25-26-38-44(29-32)54-43-24-12-21-40(46(38)43)49-51-47(31-15-5-2-6-16-31)50-48(52-49)39-20-11-23-42-45(39)37-19-9-10-22-41(37)53-42/h1-29H. The minimum Gasteiger partial charge on any atom is -0.456 e. The van der Waals surface area contributed by atoms with E-state index in [-0.39, 0.29) is 0 Å².